The van der Waals surface area contributed by atoms with E-state index in [2.05, 4.69) is 4.90 Å². The van der Waals surface area contributed by atoms with Gasteiger partial charge in [0.25, 0.3) is 0 Å². The number of nitrogens with zero attached hydrogens (tertiary/aromatic N) is 1. The number of carboxylic acid groups (broad SMARTS) is 1. The number of ether oxygens (including phenoxy) is 2. The van der Waals surface area contributed by atoms with E-state index in [0.29, 0.717) is 18.6 Å². The largest absolute Gasteiger partial charge is 0.496 e. The summed E-state index contributed by atoms with van der Waals surface area (Å²) < 4.78 is 11.3. The van der Waals surface area contributed by atoms with Crippen LogP contribution >= 0.6 is 0 Å². The molecule has 0 spiro atoms. The maximum absolute atomic E-state index is 12.2. The molecule has 1 aliphatic heterocycles. The number of carboxylic acids is 1. The highest BCUT2D eigenvalue weighted by Gasteiger charge is 2.44. The molecule has 1 saturated heterocycles. The van der Waals surface area contributed by atoms with Crippen molar-refractivity contribution in [3.63, 3.8) is 0 Å². The van der Waals surface area contributed by atoms with Gasteiger partial charge in [0, 0.05) is 24.7 Å². The Labute approximate surface area is 149 Å². The highest BCUT2D eigenvalue weighted by atomic mass is 16.5. The molecule has 1 heterocycles. The third kappa shape index (κ3) is 3.29. The quantitative estimate of drug-likeness (QED) is 0.873. The van der Waals surface area contributed by atoms with Gasteiger partial charge in [-0.2, -0.15) is 0 Å². The fourth-order valence-electron chi connectivity index (χ4n) is 4.39. The van der Waals surface area contributed by atoms with E-state index < -0.39 is 11.4 Å². The van der Waals surface area contributed by atoms with Crippen LogP contribution < -0.4 is 14.4 Å². The van der Waals surface area contributed by atoms with Crippen LogP contribution in [0.5, 0.6) is 11.5 Å². The molecule has 0 amide bonds. The van der Waals surface area contributed by atoms with Crippen LogP contribution in [0.15, 0.2) is 12.1 Å². The molecule has 1 N–H and O–H groups in total. The number of hydrogen-bond donors (Lipinski definition) is 1. The van der Waals surface area contributed by atoms with Crippen LogP contribution in [-0.2, 0) is 10.2 Å². The first-order valence-corrected chi connectivity index (χ1v) is 9.37. The summed E-state index contributed by atoms with van der Waals surface area (Å²) >= 11 is 0. The average molecular weight is 347 g/mol. The normalized spacial score (nSPS) is 20.2. The minimum atomic E-state index is -0.864. The molecule has 1 aliphatic carbocycles. The smallest absolute Gasteiger partial charge is 0.314 e. The highest BCUT2D eigenvalue weighted by molar-refractivity contribution is 5.84. The van der Waals surface area contributed by atoms with Crippen molar-refractivity contribution < 1.29 is 19.4 Å². The molecule has 2 fully saturated rings. The van der Waals surface area contributed by atoms with E-state index in [1.165, 1.54) is 19.3 Å². The SMILES string of the molecule is COc1cc(C2(C(=O)O)CCCCC2)c(OC)cc1N1CCCCC1. The molecule has 0 bridgehead atoms. The van der Waals surface area contributed by atoms with Gasteiger partial charge in [0.15, 0.2) is 0 Å². The Morgan fingerprint density at radius 2 is 1.56 bits per heavy atom. The predicted octanol–water partition coefficient (Wildman–Crippen LogP) is 3.98. The molecular weight excluding hydrogens is 318 g/mol. The molecule has 1 aromatic rings. The van der Waals surface area contributed by atoms with Gasteiger partial charge in [-0.05, 0) is 38.2 Å². The lowest BCUT2D eigenvalue weighted by Crippen LogP contribution is -2.38. The van der Waals surface area contributed by atoms with E-state index in [1.54, 1.807) is 14.2 Å². The molecule has 0 atom stereocenters. The van der Waals surface area contributed by atoms with Crippen molar-refractivity contribution in [1.29, 1.82) is 0 Å². The first kappa shape index (κ1) is 17.9. The second-order valence-corrected chi connectivity index (χ2v) is 7.22. The number of methoxy groups -OCH3 is 2. The molecule has 2 aliphatic rings. The minimum absolute atomic E-state index is 0.658. The van der Waals surface area contributed by atoms with Crippen LogP contribution in [0.4, 0.5) is 5.69 Å². The Morgan fingerprint density at radius 1 is 0.960 bits per heavy atom. The maximum Gasteiger partial charge on any atom is 0.314 e. The topological polar surface area (TPSA) is 59.0 Å². The van der Waals surface area contributed by atoms with Crippen molar-refractivity contribution in [3.8, 4) is 11.5 Å². The Hall–Kier alpha value is -1.91. The van der Waals surface area contributed by atoms with Gasteiger partial charge in [-0.3, -0.25) is 4.79 Å². The second-order valence-electron chi connectivity index (χ2n) is 7.22. The number of piperidine rings is 1. The van der Waals surface area contributed by atoms with E-state index in [-0.39, 0.29) is 0 Å². The van der Waals surface area contributed by atoms with Crippen molar-refractivity contribution in [2.75, 3.05) is 32.2 Å². The van der Waals surface area contributed by atoms with Crippen molar-refractivity contribution in [1.82, 2.24) is 0 Å². The van der Waals surface area contributed by atoms with Crippen molar-refractivity contribution in [3.05, 3.63) is 17.7 Å². The summed E-state index contributed by atoms with van der Waals surface area (Å²) in [6.45, 7) is 2.01. The van der Waals surface area contributed by atoms with Gasteiger partial charge in [0.2, 0.25) is 0 Å². The van der Waals surface area contributed by atoms with Crippen LogP contribution in [0, 0.1) is 0 Å². The third-order valence-corrected chi connectivity index (χ3v) is 5.83. The van der Waals surface area contributed by atoms with Gasteiger partial charge in [-0.15, -0.1) is 0 Å². The van der Waals surface area contributed by atoms with Gasteiger partial charge in [-0.1, -0.05) is 19.3 Å². The zero-order valence-electron chi connectivity index (χ0n) is 15.3. The lowest BCUT2D eigenvalue weighted by atomic mass is 9.69. The lowest BCUT2D eigenvalue weighted by molar-refractivity contribution is -0.145. The summed E-state index contributed by atoms with van der Waals surface area (Å²) in [6, 6.07) is 3.90. The van der Waals surface area contributed by atoms with E-state index in [4.69, 9.17) is 9.47 Å². The third-order valence-electron chi connectivity index (χ3n) is 5.83. The average Bonchev–Trinajstić information content (AvgIpc) is 2.68. The highest BCUT2D eigenvalue weighted by Crippen LogP contribution is 2.47. The van der Waals surface area contributed by atoms with Crippen LogP contribution in [0.2, 0.25) is 0 Å². The van der Waals surface area contributed by atoms with E-state index in [0.717, 1.165) is 49.4 Å². The van der Waals surface area contributed by atoms with E-state index >= 15 is 0 Å². The Balaban J connectivity index is 2.08. The molecule has 1 saturated carbocycles. The molecule has 25 heavy (non-hydrogen) atoms. The molecule has 5 nitrogen and oxygen atoms in total. The minimum Gasteiger partial charge on any atom is -0.496 e. The zero-order valence-corrected chi connectivity index (χ0v) is 15.3. The van der Waals surface area contributed by atoms with Crippen molar-refractivity contribution >= 4 is 11.7 Å². The maximum atomic E-state index is 12.2. The lowest BCUT2D eigenvalue weighted by Gasteiger charge is -2.36. The van der Waals surface area contributed by atoms with Gasteiger partial charge in [0.05, 0.1) is 25.3 Å². The first-order chi connectivity index (χ1) is 12.1. The van der Waals surface area contributed by atoms with Crippen LogP contribution in [0.1, 0.15) is 56.9 Å². The summed E-state index contributed by atoms with van der Waals surface area (Å²) in [6.07, 6.45) is 7.89. The zero-order chi connectivity index (χ0) is 17.9. The number of aliphatic carboxylic acids is 1. The summed E-state index contributed by atoms with van der Waals surface area (Å²) in [5.74, 6) is 0.674. The summed E-state index contributed by atoms with van der Waals surface area (Å²) in [5.41, 5.74) is 0.913. The standard InChI is InChI=1S/C20H29NO4/c1-24-17-14-16(21-11-7-4-8-12-21)18(25-2)13-15(17)20(19(22)23)9-5-3-6-10-20/h13-14H,3-12H2,1-2H3,(H,22,23). The predicted molar refractivity (Wildman–Crippen MR) is 98.0 cm³/mol. The number of carbonyl (C=O) groups is 1. The van der Waals surface area contributed by atoms with Crippen LogP contribution in [-0.4, -0.2) is 38.4 Å². The van der Waals surface area contributed by atoms with E-state index in [1.807, 2.05) is 12.1 Å². The molecule has 0 radical (unpaired) electrons. The Kier molecular flexibility index (Phi) is 5.40. The summed E-state index contributed by atoms with van der Waals surface area (Å²) in [4.78, 5) is 14.5. The fourth-order valence-corrected chi connectivity index (χ4v) is 4.39. The number of anilines is 1. The molecule has 5 heteroatoms. The number of benzene rings is 1. The van der Waals surface area contributed by atoms with Gasteiger partial charge >= 0.3 is 5.97 Å². The molecule has 0 aromatic heterocycles. The fraction of sp³-hybridized carbons (Fsp3) is 0.650. The van der Waals surface area contributed by atoms with Crippen LogP contribution in [0.25, 0.3) is 0 Å². The van der Waals surface area contributed by atoms with Gasteiger partial charge in [0.1, 0.15) is 11.5 Å². The Bertz CT molecular complexity index is 616. The number of rotatable bonds is 5. The summed E-state index contributed by atoms with van der Waals surface area (Å²) in [7, 11) is 3.29. The monoisotopic (exact) mass is 347 g/mol. The molecule has 3 rings (SSSR count). The molecule has 0 unspecified atom stereocenters. The van der Waals surface area contributed by atoms with Crippen molar-refractivity contribution in [2.45, 2.75) is 56.8 Å². The van der Waals surface area contributed by atoms with Gasteiger partial charge in [-0.25, -0.2) is 0 Å². The summed E-state index contributed by atoms with van der Waals surface area (Å²) in [5, 5.41) is 10.0. The first-order valence-electron chi connectivity index (χ1n) is 9.37. The molecule has 1 aromatic carbocycles. The van der Waals surface area contributed by atoms with E-state index in [9.17, 15) is 9.90 Å². The van der Waals surface area contributed by atoms with Crippen LogP contribution in [0.3, 0.4) is 0 Å². The molecular formula is C20H29NO4. The van der Waals surface area contributed by atoms with Gasteiger partial charge < -0.3 is 19.5 Å². The van der Waals surface area contributed by atoms with Crippen molar-refractivity contribution in [2.24, 2.45) is 0 Å². The number of hydrogen-bond acceptors (Lipinski definition) is 4. The molecule has 138 valence electrons. The Morgan fingerprint density at radius 3 is 2.12 bits per heavy atom. The second kappa shape index (κ2) is 7.54.